The van der Waals surface area contributed by atoms with E-state index in [1.54, 1.807) is 18.3 Å². The van der Waals surface area contributed by atoms with Crippen LogP contribution in [0.4, 0.5) is 17.3 Å². The highest BCUT2D eigenvalue weighted by molar-refractivity contribution is 9.13. The number of pyridine rings is 1. The van der Waals surface area contributed by atoms with Gasteiger partial charge in [0.25, 0.3) is 0 Å². The third-order valence-electron chi connectivity index (χ3n) is 3.46. The molecule has 3 rings (SSSR count). The van der Waals surface area contributed by atoms with Crippen LogP contribution in [-0.2, 0) is 4.79 Å². The fourth-order valence-electron chi connectivity index (χ4n) is 2.23. The van der Waals surface area contributed by atoms with Crippen molar-refractivity contribution in [1.29, 1.82) is 0 Å². The van der Waals surface area contributed by atoms with E-state index in [0.717, 1.165) is 26.4 Å². The Morgan fingerprint density at radius 1 is 1.15 bits per heavy atom. The van der Waals surface area contributed by atoms with E-state index in [1.165, 1.54) is 12.4 Å². The maximum absolute atomic E-state index is 11.9. The van der Waals surface area contributed by atoms with Crippen LogP contribution >= 0.6 is 31.9 Å². The number of amides is 1. The van der Waals surface area contributed by atoms with E-state index < -0.39 is 0 Å². The SMILES string of the molecule is CC/C=C/C(=O)Nc1cc2c(Nc3ccc(Br)c(Br)c3)ncnc2cn1. The van der Waals surface area contributed by atoms with Crippen molar-refractivity contribution in [3.63, 3.8) is 0 Å². The second kappa shape index (κ2) is 8.37. The van der Waals surface area contributed by atoms with Gasteiger partial charge in [-0.05, 0) is 68.6 Å². The lowest BCUT2D eigenvalue weighted by Crippen LogP contribution is -2.09. The Morgan fingerprint density at radius 2 is 2.00 bits per heavy atom. The van der Waals surface area contributed by atoms with Crippen LogP contribution in [0.3, 0.4) is 0 Å². The van der Waals surface area contributed by atoms with Crippen molar-refractivity contribution in [2.45, 2.75) is 13.3 Å². The van der Waals surface area contributed by atoms with Gasteiger partial charge in [0.1, 0.15) is 18.0 Å². The fraction of sp³-hybridized carbons (Fsp3) is 0.111. The first-order chi connectivity index (χ1) is 12.6. The van der Waals surface area contributed by atoms with Crippen molar-refractivity contribution in [2.75, 3.05) is 10.6 Å². The van der Waals surface area contributed by atoms with Crippen molar-refractivity contribution in [3.8, 4) is 0 Å². The zero-order valence-electron chi connectivity index (χ0n) is 13.8. The van der Waals surface area contributed by atoms with Crippen LogP contribution in [0, 0.1) is 0 Å². The molecule has 6 nitrogen and oxygen atoms in total. The minimum atomic E-state index is -0.220. The fourth-order valence-corrected chi connectivity index (χ4v) is 2.86. The number of nitrogens with zero attached hydrogens (tertiary/aromatic N) is 3. The molecule has 3 aromatic rings. The summed E-state index contributed by atoms with van der Waals surface area (Å²) in [5.74, 6) is 0.853. The molecular weight excluding hydrogens is 462 g/mol. The van der Waals surface area contributed by atoms with Gasteiger partial charge in [0, 0.05) is 20.0 Å². The molecule has 2 aromatic heterocycles. The smallest absolute Gasteiger partial charge is 0.249 e. The molecule has 2 heterocycles. The summed E-state index contributed by atoms with van der Waals surface area (Å²) in [6, 6.07) is 7.56. The first-order valence-corrected chi connectivity index (χ1v) is 9.45. The number of fused-ring (bicyclic) bond motifs is 1. The van der Waals surface area contributed by atoms with E-state index in [-0.39, 0.29) is 5.91 Å². The minimum Gasteiger partial charge on any atom is -0.340 e. The molecule has 1 aromatic carbocycles. The second-order valence-electron chi connectivity index (χ2n) is 5.36. The third-order valence-corrected chi connectivity index (χ3v) is 5.34. The Bertz CT molecular complexity index is 990. The standard InChI is InChI=1S/C18H15Br2N5O/c1-2-3-4-17(26)25-16-8-12-15(9-21-16)22-10-23-18(12)24-11-5-6-13(19)14(20)7-11/h3-10H,2H2,1H3,(H,21,25,26)(H,22,23,24)/b4-3+. The average molecular weight is 477 g/mol. The number of rotatable bonds is 5. The number of benzene rings is 1. The lowest BCUT2D eigenvalue weighted by molar-refractivity contribution is -0.111. The number of carbonyl (C=O) groups is 1. The van der Waals surface area contributed by atoms with Gasteiger partial charge >= 0.3 is 0 Å². The minimum absolute atomic E-state index is 0.220. The maximum Gasteiger partial charge on any atom is 0.249 e. The summed E-state index contributed by atoms with van der Waals surface area (Å²) >= 11 is 6.94. The lowest BCUT2D eigenvalue weighted by Gasteiger charge is -2.10. The number of allylic oxidation sites excluding steroid dienone is 1. The number of carbonyl (C=O) groups excluding carboxylic acids is 1. The molecule has 26 heavy (non-hydrogen) atoms. The summed E-state index contributed by atoms with van der Waals surface area (Å²) in [6.07, 6.45) is 7.16. The van der Waals surface area contributed by atoms with Gasteiger partial charge in [-0.3, -0.25) is 4.79 Å². The molecule has 0 saturated heterocycles. The van der Waals surface area contributed by atoms with E-state index >= 15 is 0 Å². The maximum atomic E-state index is 11.9. The van der Waals surface area contributed by atoms with E-state index in [0.29, 0.717) is 17.2 Å². The van der Waals surface area contributed by atoms with Crippen LogP contribution in [-0.4, -0.2) is 20.9 Å². The van der Waals surface area contributed by atoms with Crippen LogP contribution in [0.2, 0.25) is 0 Å². The predicted octanol–water partition coefficient (Wildman–Crippen LogP) is 5.20. The lowest BCUT2D eigenvalue weighted by atomic mass is 10.2. The number of aromatic nitrogens is 3. The summed E-state index contributed by atoms with van der Waals surface area (Å²) in [5.41, 5.74) is 1.55. The monoisotopic (exact) mass is 475 g/mol. The van der Waals surface area contributed by atoms with Crippen LogP contribution in [0.5, 0.6) is 0 Å². The molecule has 1 amide bonds. The Balaban J connectivity index is 1.92. The Labute approximate surface area is 167 Å². The van der Waals surface area contributed by atoms with Gasteiger partial charge in [0.05, 0.1) is 11.7 Å². The van der Waals surface area contributed by atoms with E-state index in [2.05, 4.69) is 57.4 Å². The molecule has 0 saturated carbocycles. The number of anilines is 3. The van der Waals surface area contributed by atoms with Gasteiger partial charge in [0.15, 0.2) is 0 Å². The number of hydrogen-bond acceptors (Lipinski definition) is 5. The van der Waals surface area contributed by atoms with Gasteiger partial charge in [-0.2, -0.15) is 0 Å². The summed E-state index contributed by atoms with van der Waals surface area (Å²) < 4.78 is 1.89. The van der Waals surface area contributed by atoms with Crippen molar-refractivity contribution in [1.82, 2.24) is 15.0 Å². The molecule has 0 aliphatic heterocycles. The summed E-state index contributed by atoms with van der Waals surface area (Å²) in [5, 5.41) is 6.78. The molecule has 2 N–H and O–H groups in total. The highest BCUT2D eigenvalue weighted by Crippen LogP contribution is 2.29. The van der Waals surface area contributed by atoms with Crippen molar-refractivity contribution in [3.05, 3.63) is 57.9 Å². The van der Waals surface area contributed by atoms with Crippen molar-refractivity contribution in [2.24, 2.45) is 0 Å². The van der Waals surface area contributed by atoms with E-state index in [9.17, 15) is 4.79 Å². The van der Waals surface area contributed by atoms with Gasteiger partial charge in [-0.1, -0.05) is 13.0 Å². The van der Waals surface area contributed by atoms with Gasteiger partial charge in [-0.15, -0.1) is 0 Å². The van der Waals surface area contributed by atoms with Crippen LogP contribution < -0.4 is 10.6 Å². The second-order valence-corrected chi connectivity index (χ2v) is 7.07. The summed E-state index contributed by atoms with van der Waals surface area (Å²) in [4.78, 5) is 24.6. The Hall–Kier alpha value is -2.32. The summed E-state index contributed by atoms with van der Waals surface area (Å²) in [6.45, 7) is 1.97. The first-order valence-electron chi connectivity index (χ1n) is 7.87. The number of nitrogens with one attached hydrogen (secondary N) is 2. The zero-order valence-corrected chi connectivity index (χ0v) is 17.0. The molecule has 0 bridgehead atoms. The quantitative estimate of drug-likeness (QED) is 0.495. The van der Waals surface area contributed by atoms with Crippen LogP contribution in [0.25, 0.3) is 10.9 Å². The van der Waals surface area contributed by atoms with Crippen LogP contribution in [0.1, 0.15) is 13.3 Å². The Kier molecular flexibility index (Phi) is 5.95. The molecule has 0 atom stereocenters. The molecule has 0 unspecified atom stereocenters. The number of halogens is 2. The molecular formula is C18H15Br2N5O. The van der Waals surface area contributed by atoms with Crippen LogP contribution in [0.15, 0.2) is 57.9 Å². The topological polar surface area (TPSA) is 79.8 Å². The molecule has 132 valence electrons. The third kappa shape index (κ3) is 4.44. The van der Waals surface area contributed by atoms with Crippen molar-refractivity contribution >= 4 is 66.0 Å². The van der Waals surface area contributed by atoms with Gasteiger partial charge in [-0.25, -0.2) is 15.0 Å². The first kappa shape index (κ1) is 18.5. The molecule has 0 spiro atoms. The summed E-state index contributed by atoms with van der Waals surface area (Å²) in [7, 11) is 0. The highest BCUT2D eigenvalue weighted by Gasteiger charge is 2.08. The van der Waals surface area contributed by atoms with Crippen molar-refractivity contribution < 1.29 is 4.79 Å². The number of hydrogen-bond donors (Lipinski definition) is 2. The Morgan fingerprint density at radius 3 is 2.77 bits per heavy atom. The molecule has 8 heteroatoms. The molecule has 0 fully saturated rings. The molecule has 0 aliphatic rings. The van der Waals surface area contributed by atoms with Gasteiger partial charge in [0.2, 0.25) is 5.91 Å². The zero-order chi connectivity index (χ0) is 18.5. The molecule has 0 aliphatic carbocycles. The predicted molar refractivity (Wildman–Crippen MR) is 111 cm³/mol. The van der Waals surface area contributed by atoms with Gasteiger partial charge < -0.3 is 10.6 Å². The average Bonchev–Trinajstić information content (AvgIpc) is 2.63. The van der Waals surface area contributed by atoms with E-state index in [4.69, 9.17) is 0 Å². The van der Waals surface area contributed by atoms with E-state index in [1.807, 2.05) is 25.1 Å². The largest absolute Gasteiger partial charge is 0.340 e. The normalized spacial score (nSPS) is 11.0. The highest BCUT2D eigenvalue weighted by atomic mass is 79.9. The molecule has 0 radical (unpaired) electrons.